The summed E-state index contributed by atoms with van der Waals surface area (Å²) in [4.78, 5) is 21.5. The van der Waals surface area contributed by atoms with Gasteiger partial charge in [-0.2, -0.15) is 0 Å². The Labute approximate surface area is 188 Å². The maximum atomic E-state index is 13.3. The van der Waals surface area contributed by atoms with Gasteiger partial charge in [0.25, 0.3) is 5.91 Å². The van der Waals surface area contributed by atoms with Gasteiger partial charge in [-0.3, -0.25) is 10.1 Å². The number of aryl methyl sites for hydroxylation is 2. The Morgan fingerprint density at radius 2 is 1.77 bits per heavy atom. The van der Waals surface area contributed by atoms with E-state index >= 15 is 0 Å². The molecule has 0 saturated carbocycles. The average molecular weight is 463 g/mol. The molecule has 1 aliphatic carbocycles. The molecule has 1 aromatic heterocycles. The summed E-state index contributed by atoms with van der Waals surface area (Å²) in [6.07, 6.45) is 8.86. The topological polar surface area (TPSA) is 82.6 Å². The Morgan fingerprint density at radius 1 is 1.06 bits per heavy atom. The molecule has 1 aliphatic heterocycles. The van der Waals surface area contributed by atoms with Crippen molar-refractivity contribution in [3.8, 4) is 0 Å². The predicted molar refractivity (Wildman–Crippen MR) is 125 cm³/mol. The lowest BCUT2D eigenvalue weighted by Crippen LogP contribution is -2.25. The molecule has 1 fully saturated rings. The van der Waals surface area contributed by atoms with Gasteiger partial charge >= 0.3 is 0 Å². The lowest BCUT2D eigenvalue weighted by atomic mass is 10.0. The van der Waals surface area contributed by atoms with E-state index in [-0.39, 0.29) is 10.8 Å². The summed E-state index contributed by atoms with van der Waals surface area (Å²) < 4.78 is 26.5. The highest BCUT2D eigenvalue weighted by Crippen LogP contribution is 2.31. The summed E-state index contributed by atoms with van der Waals surface area (Å²) in [6.45, 7) is 1.73. The van der Waals surface area contributed by atoms with Gasteiger partial charge in [-0.25, -0.2) is 17.7 Å². The molecular formula is C22H30N4O3S2. The number of rotatable bonds is 5. The van der Waals surface area contributed by atoms with E-state index < -0.39 is 10.0 Å². The molecule has 1 saturated heterocycles. The van der Waals surface area contributed by atoms with Crippen LogP contribution in [0.2, 0.25) is 0 Å². The highest BCUT2D eigenvalue weighted by Gasteiger charge is 2.25. The van der Waals surface area contributed by atoms with E-state index in [2.05, 4.69) is 10.2 Å². The molecule has 1 N–H and O–H groups in total. The lowest BCUT2D eigenvalue weighted by Gasteiger charge is -2.22. The SMILES string of the molecule is CN(C)S(=O)(=O)c1ccc(N2CCCC2)c(C(=O)Nc2nc3c(s2)CCCCCC3)c1. The number of anilines is 2. The fourth-order valence-electron chi connectivity index (χ4n) is 4.23. The number of carbonyl (C=O) groups is 1. The molecule has 4 rings (SSSR count). The zero-order chi connectivity index (χ0) is 22.0. The maximum absolute atomic E-state index is 13.3. The molecule has 7 nitrogen and oxygen atoms in total. The minimum absolute atomic E-state index is 0.122. The number of sulfonamides is 1. The molecule has 0 unspecified atom stereocenters. The van der Waals surface area contributed by atoms with Gasteiger partial charge in [0, 0.05) is 37.7 Å². The molecule has 2 aliphatic rings. The van der Waals surface area contributed by atoms with Gasteiger partial charge in [0.15, 0.2) is 5.13 Å². The van der Waals surface area contributed by atoms with Crippen molar-refractivity contribution in [1.82, 2.24) is 9.29 Å². The van der Waals surface area contributed by atoms with Crippen LogP contribution in [-0.4, -0.2) is 50.8 Å². The van der Waals surface area contributed by atoms with E-state index in [1.165, 1.54) is 42.2 Å². The fraction of sp³-hybridized carbons (Fsp3) is 0.545. The van der Waals surface area contributed by atoms with Gasteiger partial charge in [-0.15, -0.1) is 11.3 Å². The zero-order valence-corrected chi connectivity index (χ0v) is 19.8. The largest absolute Gasteiger partial charge is 0.371 e. The minimum Gasteiger partial charge on any atom is -0.371 e. The number of amides is 1. The monoisotopic (exact) mass is 462 g/mol. The summed E-state index contributed by atoms with van der Waals surface area (Å²) in [5, 5.41) is 3.56. The second kappa shape index (κ2) is 9.26. The number of hydrogen-bond acceptors (Lipinski definition) is 6. The van der Waals surface area contributed by atoms with Crippen LogP contribution in [0.5, 0.6) is 0 Å². The van der Waals surface area contributed by atoms with E-state index in [4.69, 9.17) is 4.98 Å². The molecule has 1 amide bonds. The summed E-state index contributed by atoms with van der Waals surface area (Å²) in [5.74, 6) is -0.306. The van der Waals surface area contributed by atoms with Gasteiger partial charge in [0.2, 0.25) is 10.0 Å². The number of aromatic nitrogens is 1. The van der Waals surface area contributed by atoms with Gasteiger partial charge in [0.05, 0.1) is 16.2 Å². The molecule has 0 bridgehead atoms. The van der Waals surface area contributed by atoms with E-state index in [0.717, 1.165) is 63.0 Å². The van der Waals surface area contributed by atoms with Crippen molar-refractivity contribution < 1.29 is 13.2 Å². The highest BCUT2D eigenvalue weighted by atomic mass is 32.2. The normalized spacial score (nSPS) is 17.3. The maximum Gasteiger partial charge on any atom is 0.259 e. The Balaban J connectivity index is 1.66. The standard InChI is InChI=1S/C22H30N4O3S2/c1-25(2)31(28,29)16-11-12-19(26-13-7-8-14-26)17(15-16)21(27)24-22-23-18-9-5-3-4-6-10-20(18)30-22/h11-12,15H,3-10,13-14H2,1-2H3,(H,23,24,27). The molecule has 2 aromatic rings. The first-order valence-electron chi connectivity index (χ1n) is 11.0. The first-order chi connectivity index (χ1) is 14.9. The van der Waals surface area contributed by atoms with Crippen molar-refractivity contribution in [1.29, 1.82) is 0 Å². The third-order valence-electron chi connectivity index (χ3n) is 6.00. The molecule has 2 heterocycles. The molecule has 0 radical (unpaired) electrons. The third-order valence-corrected chi connectivity index (χ3v) is 8.89. The van der Waals surface area contributed by atoms with Crippen molar-refractivity contribution in [3.63, 3.8) is 0 Å². The second-order valence-corrected chi connectivity index (χ2v) is 11.7. The Hall–Kier alpha value is -1.97. The van der Waals surface area contributed by atoms with Crippen LogP contribution in [0, 0.1) is 0 Å². The van der Waals surface area contributed by atoms with Crippen LogP contribution >= 0.6 is 11.3 Å². The zero-order valence-electron chi connectivity index (χ0n) is 18.2. The lowest BCUT2D eigenvalue weighted by molar-refractivity contribution is 0.102. The van der Waals surface area contributed by atoms with Crippen molar-refractivity contribution in [2.75, 3.05) is 37.4 Å². The Kier molecular flexibility index (Phi) is 6.64. The van der Waals surface area contributed by atoms with E-state index in [1.54, 1.807) is 23.5 Å². The number of carbonyl (C=O) groups excluding carboxylic acids is 1. The van der Waals surface area contributed by atoms with Crippen LogP contribution in [0.25, 0.3) is 0 Å². The summed E-state index contributed by atoms with van der Waals surface area (Å²) in [7, 11) is -0.645. The Bertz CT molecular complexity index is 1030. The van der Waals surface area contributed by atoms with Crippen LogP contribution in [0.1, 0.15) is 59.5 Å². The molecule has 9 heteroatoms. The summed E-state index contributed by atoms with van der Waals surface area (Å²) in [5.41, 5.74) is 2.26. The molecule has 168 valence electrons. The van der Waals surface area contributed by atoms with Crippen LogP contribution < -0.4 is 10.2 Å². The van der Waals surface area contributed by atoms with Crippen molar-refractivity contribution in [2.45, 2.75) is 56.3 Å². The first-order valence-corrected chi connectivity index (χ1v) is 13.2. The van der Waals surface area contributed by atoms with Gasteiger partial charge in [-0.1, -0.05) is 12.8 Å². The average Bonchev–Trinajstić information content (AvgIpc) is 3.38. The molecular weight excluding hydrogens is 432 g/mol. The Morgan fingerprint density at radius 3 is 2.48 bits per heavy atom. The molecule has 0 atom stereocenters. The molecule has 31 heavy (non-hydrogen) atoms. The second-order valence-electron chi connectivity index (χ2n) is 8.42. The summed E-state index contributed by atoms with van der Waals surface area (Å²) in [6, 6.07) is 4.86. The van der Waals surface area contributed by atoms with Crippen molar-refractivity contribution >= 4 is 38.1 Å². The smallest absolute Gasteiger partial charge is 0.259 e. The fourth-order valence-corrected chi connectivity index (χ4v) is 6.20. The van der Waals surface area contributed by atoms with Crippen LogP contribution in [0.15, 0.2) is 23.1 Å². The van der Waals surface area contributed by atoms with E-state index in [1.807, 2.05) is 0 Å². The third kappa shape index (κ3) is 4.78. The van der Waals surface area contributed by atoms with Crippen molar-refractivity contribution in [3.05, 3.63) is 34.3 Å². The summed E-state index contributed by atoms with van der Waals surface area (Å²) >= 11 is 1.55. The van der Waals surface area contributed by atoms with Gasteiger partial charge in [0.1, 0.15) is 0 Å². The number of benzene rings is 1. The number of nitrogens with one attached hydrogen (secondary N) is 1. The molecule has 0 spiro atoms. The van der Waals surface area contributed by atoms with Crippen LogP contribution in [0.4, 0.5) is 10.8 Å². The van der Waals surface area contributed by atoms with E-state index in [0.29, 0.717) is 10.7 Å². The molecule has 1 aromatic carbocycles. The number of thiazole rings is 1. The predicted octanol–water partition coefficient (Wildman–Crippen LogP) is 3.90. The van der Waals surface area contributed by atoms with Crippen LogP contribution in [0.3, 0.4) is 0 Å². The number of hydrogen-bond donors (Lipinski definition) is 1. The van der Waals surface area contributed by atoms with Gasteiger partial charge in [-0.05, 0) is 56.7 Å². The first kappa shape index (κ1) is 22.2. The quantitative estimate of drug-likeness (QED) is 0.729. The highest BCUT2D eigenvalue weighted by molar-refractivity contribution is 7.89. The number of nitrogens with zero attached hydrogens (tertiary/aromatic N) is 3. The van der Waals surface area contributed by atoms with E-state index in [9.17, 15) is 13.2 Å². The van der Waals surface area contributed by atoms with Crippen LogP contribution in [-0.2, 0) is 22.9 Å². The van der Waals surface area contributed by atoms with Gasteiger partial charge < -0.3 is 4.90 Å². The minimum atomic E-state index is -3.63. The number of fused-ring (bicyclic) bond motifs is 1. The van der Waals surface area contributed by atoms with Crippen molar-refractivity contribution in [2.24, 2.45) is 0 Å².